The Bertz CT molecular complexity index is 805. The summed E-state index contributed by atoms with van der Waals surface area (Å²) in [5.41, 5.74) is 1.79. The van der Waals surface area contributed by atoms with Gasteiger partial charge in [-0.05, 0) is 49.2 Å². The van der Waals surface area contributed by atoms with Crippen LogP contribution < -0.4 is 20.1 Å². The van der Waals surface area contributed by atoms with E-state index in [1.54, 1.807) is 44.6 Å². The number of benzene rings is 2. The fourth-order valence-corrected chi connectivity index (χ4v) is 2.49. The molecule has 2 N–H and O–H groups in total. The third kappa shape index (κ3) is 5.48. The van der Waals surface area contributed by atoms with Gasteiger partial charge in [0.25, 0.3) is 11.8 Å². The molecule has 144 valence electrons. The van der Waals surface area contributed by atoms with Crippen LogP contribution in [0.25, 0.3) is 0 Å². The van der Waals surface area contributed by atoms with Crippen LogP contribution in [0, 0.1) is 0 Å². The highest BCUT2D eigenvalue weighted by atomic mass is 16.5. The zero-order valence-corrected chi connectivity index (χ0v) is 16.2. The lowest BCUT2D eigenvalue weighted by Crippen LogP contribution is -2.32. The standard InChI is InChI=1S/C21H26N2O4/c1-5-14(2)23-21(25)17-8-6-7-16(12-17)20(24)22-13-15-9-10-18(26-3)19(11-15)27-4/h6-12,14H,5,13H2,1-4H3,(H,22,24)(H,23,25). The van der Waals surface area contributed by atoms with E-state index >= 15 is 0 Å². The van der Waals surface area contributed by atoms with Crippen molar-refractivity contribution in [2.45, 2.75) is 32.9 Å². The number of hydrogen-bond acceptors (Lipinski definition) is 4. The third-order valence-corrected chi connectivity index (χ3v) is 4.28. The van der Waals surface area contributed by atoms with Gasteiger partial charge in [0.2, 0.25) is 0 Å². The predicted molar refractivity (Wildman–Crippen MR) is 104 cm³/mol. The molecule has 2 rings (SSSR count). The first-order valence-electron chi connectivity index (χ1n) is 8.88. The highest BCUT2D eigenvalue weighted by Gasteiger charge is 2.12. The quantitative estimate of drug-likeness (QED) is 0.748. The predicted octanol–water partition coefficient (Wildman–Crippen LogP) is 3.16. The molecule has 0 heterocycles. The topological polar surface area (TPSA) is 76.7 Å². The molecule has 0 saturated carbocycles. The van der Waals surface area contributed by atoms with Gasteiger partial charge in [0.15, 0.2) is 11.5 Å². The molecule has 6 heteroatoms. The van der Waals surface area contributed by atoms with E-state index < -0.39 is 0 Å². The molecule has 0 aliphatic rings. The van der Waals surface area contributed by atoms with Gasteiger partial charge in [0, 0.05) is 23.7 Å². The van der Waals surface area contributed by atoms with Gasteiger partial charge in [-0.25, -0.2) is 0 Å². The fraction of sp³-hybridized carbons (Fsp3) is 0.333. The van der Waals surface area contributed by atoms with Crippen molar-refractivity contribution >= 4 is 11.8 Å². The number of carbonyl (C=O) groups excluding carboxylic acids is 2. The van der Waals surface area contributed by atoms with Crippen molar-refractivity contribution in [3.05, 3.63) is 59.2 Å². The summed E-state index contributed by atoms with van der Waals surface area (Å²) in [6.45, 7) is 4.28. The molecule has 2 aromatic carbocycles. The van der Waals surface area contributed by atoms with Gasteiger partial charge in [0.1, 0.15) is 0 Å². The zero-order chi connectivity index (χ0) is 19.8. The van der Waals surface area contributed by atoms with Crippen LogP contribution in [-0.2, 0) is 6.54 Å². The molecule has 0 aliphatic carbocycles. The first-order valence-corrected chi connectivity index (χ1v) is 8.88. The molecule has 0 spiro atoms. The number of amides is 2. The number of carbonyl (C=O) groups is 2. The average Bonchev–Trinajstić information content (AvgIpc) is 2.71. The van der Waals surface area contributed by atoms with E-state index in [0.29, 0.717) is 29.2 Å². The monoisotopic (exact) mass is 370 g/mol. The Kier molecular flexibility index (Phi) is 7.23. The second-order valence-corrected chi connectivity index (χ2v) is 6.24. The second-order valence-electron chi connectivity index (χ2n) is 6.24. The van der Waals surface area contributed by atoms with Gasteiger partial charge in [0.05, 0.1) is 14.2 Å². The van der Waals surface area contributed by atoms with E-state index in [-0.39, 0.29) is 17.9 Å². The van der Waals surface area contributed by atoms with Crippen LogP contribution in [0.2, 0.25) is 0 Å². The van der Waals surface area contributed by atoms with Crippen molar-refractivity contribution in [2.75, 3.05) is 14.2 Å². The average molecular weight is 370 g/mol. The molecule has 2 aromatic rings. The van der Waals surface area contributed by atoms with Crippen LogP contribution in [0.5, 0.6) is 11.5 Å². The first kappa shape index (κ1) is 20.3. The lowest BCUT2D eigenvalue weighted by Gasteiger charge is -2.12. The van der Waals surface area contributed by atoms with Crippen LogP contribution in [0.1, 0.15) is 46.5 Å². The highest BCUT2D eigenvalue weighted by Crippen LogP contribution is 2.27. The Labute approximate surface area is 159 Å². The summed E-state index contributed by atoms with van der Waals surface area (Å²) in [7, 11) is 3.14. The smallest absolute Gasteiger partial charge is 0.251 e. The molecule has 0 aliphatic heterocycles. The van der Waals surface area contributed by atoms with Crippen LogP contribution in [0.15, 0.2) is 42.5 Å². The van der Waals surface area contributed by atoms with E-state index in [2.05, 4.69) is 10.6 Å². The summed E-state index contributed by atoms with van der Waals surface area (Å²) < 4.78 is 10.5. The molecule has 0 saturated heterocycles. The zero-order valence-electron chi connectivity index (χ0n) is 16.2. The lowest BCUT2D eigenvalue weighted by molar-refractivity contribution is 0.0939. The third-order valence-electron chi connectivity index (χ3n) is 4.28. The van der Waals surface area contributed by atoms with Crippen molar-refractivity contribution in [1.82, 2.24) is 10.6 Å². The van der Waals surface area contributed by atoms with E-state index in [0.717, 1.165) is 12.0 Å². The summed E-state index contributed by atoms with van der Waals surface area (Å²) in [5, 5.41) is 5.75. The molecule has 0 radical (unpaired) electrons. The minimum atomic E-state index is -0.247. The van der Waals surface area contributed by atoms with Gasteiger partial charge in [-0.2, -0.15) is 0 Å². The van der Waals surface area contributed by atoms with Gasteiger partial charge < -0.3 is 20.1 Å². The summed E-state index contributed by atoms with van der Waals surface area (Å²) >= 11 is 0. The molecule has 6 nitrogen and oxygen atoms in total. The number of methoxy groups -OCH3 is 2. The summed E-state index contributed by atoms with van der Waals surface area (Å²) in [4.78, 5) is 24.7. The van der Waals surface area contributed by atoms with Gasteiger partial charge in [-0.3, -0.25) is 9.59 Å². The Hall–Kier alpha value is -3.02. The Morgan fingerprint density at radius 2 is 1.63 bits per heavy atom. The number of ether oxygens (including phenoxy) is 2. The van der Waals surface area contributed by atoms with Crippen molar-refractivity contribution in [2.24, 2.45) is 0 Å². The van der Waals surface area contributed by atoms with E-state index in [1.807, 2.05) is 26.0 Å². The van der Waals surface area contributed by atoms with E-state index in [9.17, 15) is 9.59 Å². The maximum Gasteiger partial charge on any atom is 0.251 e. The van der Waals surface area contributed by atoms with E-state index in [4.69, 9.17) is 9.47 Å². The van der Waals surface area contributed by atoms with Crippen molar-refractivity contribution in [3.63, 3.8) is 0 Å². The fourth-order valence-electron chi connectivity index (χ4n) is 2.49. The minimum Gasteiger partial charge on any atom is -0.493 e. The van der Waals surface area contributed by atoms with Crippen molar-refractivity contribution < 1.29 is 19.1 Å². The summed E-state index contributed by atoms with van der Waals surface area (Å²) in [6, 6.07) is 12.2. The second kappa shape index (κ2) is 9.62. The SMILES string of the molecule is CCC(C)NC(=O)c1cccc(C(=O)NCc2ccc(OC)c(OC)c2)c1. The lowest BCUT2D eigenvalue weighted by atomic mass is 10.1. The maximum absolute atomic E-state index is 12.5. The first-order chi connectivity index (χ1) is 13.0. The minimum absolute atomic E-state index is 0.0834. The number of hydrogen-bond donors (Lipinski definition) is 2. The Balaban J connectivity index is 2.04. The number of nitrogens with one attached hydrogen (secondary N) is 2. The number of rotatable bonds is 8. The summed E-state index contributed by atoms with van der Waals surface area (Å²) in [6.07, 6.45) is 0.844. The van der Waals surface area contributed by atoms with Crippen molar-refractivity contribution in [1.29, 1.82) is 0 Å². The van der Waals surface area contributed by atoms with Gasteiger partial charge in [-0.1, -0.05) is 19.1 Å². The molecular weight excluding hydrogens is 344 g/mol. The molecule has 0 aromatic heterocycles. The van der Waals surface area contributed by atoms with E-state index in [1.165, 1.54) is 0 Å². The maximum atomic E-state index is 12.5. The molecule has 1 unspecified atom stereocenters. The summed E-state index contributed by atoms with van der Waals surface area (Å²) in [5.74, 6) is 0.808. The Morgan fingerprint density at radius 3 is 2.26 bits per heavy atom. The molecule has 0 fully saturated rings. The van der Waals surface area contributed by atoms with Crippen LogP contribution in [-0.4, -0.2) is 32.1 Å². The van der Waals surface area contributed by atoms with Gasteiger partial charge in [-0.15, -0.1) is 0 Å². The molecule has 27 heavy (non-hydrogen) atoms. The van der Waals surface area contributed by atoms with Gasteiger partial charge >= 0.3 is 0 Å². The van der Waals surface area contributed by atoms with Crippen LogP contribution in [0.3, 0.4) is 0 Å². The molecule has 2 amide bonds. The molecule has 1 atom stereocenters. The highest BCUT2D eigenvalue weighted by molar-refractivity contribution is 5.99. The normalized spacial score (nSPS) is 11.4. The van der Waals surface area contributed by atoms with Crippen LogP contribution >= 0.6 is 0 Å². The molecular formula is C21H26N2O4. The van der Waals surface area contributed by atoms with Crippen molar-refractivity contribution in [3.8, 4) is 11.5 Å². The Morgan fingerprint density at radius 1 is 0.963 bits per heavy atom. The molecule has 0 bridgehead atoms. The van der Waals surface area contributed by atoms with Crippen LogP contribution in [0.4, 0.5) is 0 Å². The largest absolute Gasteiger partial charge is 0.493 e.